The largest absolute Gasteiger partial charge is 0.451 e. The number of carbonyl (C=O) groups is 2. The molecule has 2 rings (SSSR count). The highest BCUT2D eigenvalue weighted by Gasteiger charge is 2.18. The van der Waals surface area contributed by atoms with Crippen LogP contribution in [0.2, 0.25) is 0 Å². The minimum atomic E-state index is -0.791. The Morgan fingerprint density at radius 2 is 1.90 bits per heavy atom. The molecule has 0 bridgehead atoms. The number of benzene rings is 1. The summed E-state index contributed by atoms with van der Waals surface area (Å²) in [5, 5.41) is 9.46. The summed E-state index contributed by atoms with van der Waals surface area (Å²) in [5.74, 6) is -0.613. The number of likely N-dealkylation sites (N-methyl/N-ethyl adjacent to an activating group) is 1. The molecule has 6 heteroatoms. The molecule has 2 aromatic rings. The van der Waals surface area contributed by atoms with Gasteiger partial charge in [-0.05, 0) is 50.0 Å². The van der Waals surface area contributed by atoms with Crippen LogP contribution in [0.15, 0.2) is 42.0 Å². The molecule has 1 aromatic carbocycles. The van der Waals surface area contributed by atoms with E-state index < -0.39 is 12.6 Å². The van der Waals surface area contributed by atoms with Gasteiger partial charge in [-0.25, -0.2) is 4.79 Å². The zero-order chi connectivity index (χ0) is 23.0. The Hall–Kier alpha value is -3.33. The first-order chi connectivity index (χ1) is 14.8. The molecule has 0 aliphatic carbocycles. The third kappa shape index (κ3) is 6.58. The number of ether oxygens (including phenoxy) is 1. The third-order valence-corrected chi connectivity index (χ3v) is 5.08. The number of hydrogen-bond acceptors (Lipinski definition) is 4. The lowest BCUT2D eigenvalue weighted by molar-refractivity contribution is -0.148. The summed E-state index contributed by atoms with van der Waals surface area (Å²) >= 11 is 0. The summed E-state index contributed by atoms with van der Waals surface area (Å²) in [6, 6.07) is 13.5. The van der Waals surface area contributed by atoms with Crippen LogP contribution in [0.5, 0.6) is 0 Å². The van der Waals surface area contributed by atoms with Gasteiger partial charge in [-0.1, -0.05) is 44.2 Å². The average Bonchev–Trinajstić information content (AvgIpc) is 3.01. The van der Waals surface area contributed by atoms with E-state index in [1.54, 1.807) is 4.90 Å². The van der Waals surface area contributed by atoms with Crippen molar-refractivity contribution in [2.24, 2.45) is 5.92 Å². The standard InChI is InChI=1S/C25H31N3O3/c1-6-27(16-21-10-8-7-9-11-21)24(29)17-31-25(30)23(14-26)13-22-12-19(4)28(20(22)5)15-18(2)3/h7-13,18H,6,15-17H2,1-5H3/b23-13+. The number of nitriles is 1. The van der Waals surface area contributed by atoms with E-state index in [4.69, 9.17) is 4.74 Å². The van der Waals surface area contributed by atoms with Crippen LogP contribution in [0.3, 0.4) is 0 Å². The zero-order valence-corrected chi connectivity index (χ0v) is 19.0. The van der Waals surface area contributed by atoms with Crippen molar-refractivity contribution in [2.75, 3.05) is 13.2 Å². The van der Waals surface area contributed by atoms with Gasteiger partial charge in [0.1, 0.15) is 11.6 Å². The van der Waals surface area contributed by atoms with Crippen LogP contribution in [0, 0.1) is 31.1 Å². The van der Waals surface area contributed by atoms with E-state index >= 15 is 0 Å². The molecule has 164 valence electrons. The Kier molecular flexibility index (Phi) is 8.63. The maximum absolute atomic E-state index is 12.5. The van der Waals surface area contributed by atoms with Crippen molar-refractivity contribution in [1.82, 2.24) is 9.47 Å². The van der Waals surface area contributed by atoms with Crippen LogP contribution in [0.1, 0.15) is 43.3 Å². The highest BCUT2D eigenvalue weighted by atomic mass is 16.5. The lowest BCUT2D eigenvalue weighted by Crippen LogP contribution is -2.34. The van der Waals surface area contributed by atoms with Crippen LogP contribution < -0.4 is 0 Å². The van der Waals surface area contributed by atoms with E-state index in [2.05, 4.69) is 18.4 Å². The maximum Gasteiger partial charge on any atom is 0.349 e. The van der Waals surface area contributed by atoms with E-state index in [9.17, 15) is 14.9 Å². The zero-order valence-electron chi connectivity index (χ0n) is 19.0. The summed E-state index contributed by atoms with van der Waals surface area (Å²) in [6.07, 6.45) is 1.54. The number of aromatic nitrogens is 1. The SMILES string of the molecule is CCN(Cc1ccccc1)C(=O)COC(=O)/C(C#N)=C/c1cc(C)n(CC(C)C)c1C. The van der Waals surface area contributed by atoms with Gasteiger partial charge in [-0.2, -0.15) is 5.26 Å². The fourth-order valence-corrected chi connectivity index (χ4v) is 3.39. The van der Waals surface area contributed by atoms with Crippen molar-refractivity contribution in [3.63, 3.8) is 0 Å². The van der Waals surface area contributed by atoms with E-state index in [0.29, 0.717) is 19.0 Å². The number of aryl methyl sites for hydroxylation is 1. The topological polar surface area (TPSA) is 75.3 Å². The van der Waals surface area contributed by atoms with Crippen molar-refractivity contribution >= 4 is 18.0 Å². The number of amides is 1. The normalized spacial score (nSPS) is 11.3. The quantitative estimate of drug-likeness (QED) is 0.344. The molecule has 0 radical (unpaired) electrons. The second-order valence-corrected chi connectivity index (χ2v) is 7.97. The van der Waals surface area contributed by atoms with Gasteiger partial charge in [0.25, 0.3) is 5.91 Å². The molecule has 0 fully saturated rings. The summed E-state index contributed by atoms with van der Waals surface area (Å²) in [5.41, 5.74) is 3.74. The van der Waals surface area contributed by atoms with Gasteiger partial charge in [-0.15, -0.1) is 0 Å². The molecule has 0 saturated heterocycles. The Labute approximate surface area is 184 Å². The number of esters is 1. The number of nitrogens with zero attached hydrogens (tertiary/aromatic N) is 3. The monoisotopic (exact) mass is 421 g/mol. The molecular weight excluding hydrogens is 390 g/mol. The van der Waals surface area contributed by atoms with Crippen LogP contribution in [-0.4, -0.2) is 34.5 Å². The minimum Gasteiger partial charge on any atom is -0.451 e. The van der Waals surface area contributed by atoms with Crippen molar-refractivity contribution < 1.29 is 14.3 Å². The number of carbonyl (C=O) groups excluding carboxylic acids is 2. The smallest absolute Gasteiger partial charge is 0.349 e. The molecule has 0 aliphatic heterocycles. The molecular formula is C25H31N3O3. The fourth-order valence-electron chi connectivity index (χ4n) is 3.39. The molecule has 0 unspecified atom stereocenters. The molecule has 1 heterocycles. The molecule has 0 N–H and O–H groups in total. The van der Waals surface area contributed by atoms with E-state index in [0.717, 1.165) is 29.1 Å². The molecule has 0 atom stereocenters. The van der Waals surface area contributed by atoms with Crippen molar-refractivity contribution in [3.05, 3.63) is 64.5 Å². The number of hydrogen-bond donors (Lipinski definition) is 0. The molecule has 6 nitrogen and oxygen atoms in total. The lowest BCUT2D eigenvalue weighted by Gasteiger charge is -2.20. The first-order valence-electron chi connectivity index (χ1n) is 10.5. The van der Waals surface area contributed by atoms with Crippen LogP contribution in [0.25, 0.3) is 6.08 Å². The first-order valence-corrected chi connectivity index (χ1v) is 10.5. The predicted molar refractivity (Wildman–Crippen MR) is 121 cm³/mol. The van der Waals surface area contributed by atoms with Gasteiger partial charge < -0.3 is 14.2 Å². The van der Waals surface area contributed by atoms with Gasteiger partial charge in [0, 0.05) is 31.0 Å². The third-order valence-electron chi connectivity index (χ3n) is 5.08. The highest BCUT2D eigenvalue weighted by molar-refractivity contribution is 5.99. The van der Waals surface area contributed by atoms with Gasteiger partial charge in [0.15, 0.2) is 6.61 Å². The summed E-state index contributed by atoms with van der Waals surface area (Å²) in [6.45, 7) is 11.5. The summed E-state index contributed by atoms with van der Waals surface area (Å²) < 4.78 is 7.33. The fraction of sp³-hybridized carbons (Fsp3) is 0.400. The minimum absolute atomic E-state index is 0.122. The molecule has 0 spiro atoms. The number of rotatable bonds is 9. The summed E-state index contributed by atoms with van der Waals surface area (Å²) in [7, 11) is 0. The van der Waals surface area contributed by atoms with Crippen molar-refractivity contribution in [3.8, 4) is 6.07 Å². The van der Waals surface area contributed by atoms with E-state index in [1.165, 1.54) is 6.08 Å². The highest BCUT2D eigenvalue weighted by Crippen LogP contribution is 2.20. The first kappa shape index (κ1) is 23.9. The lowest BCUT2D eigenvalue weighted by atomic mass is 10.1. The van der Waals surface area contributed by atoms with Crippen LogP contribution in [0.4, 0.5) is 0 Å². The van der Waals surface area contributed by atoms with E-state index in [1.807, 2.05) is 63.2 Å². The Balaban J connectivity index is 2.06. The predicted octanol–water partition coefficient (Wildman–Crippen LogP) is 4.26. The van der Waals surface area contributed by atoms with Crippen LogP contribution >= 0.6 is 0 Å². The van der Waals surface area contributed by atoms with Gasteiger partial charge in [-0.3, -0.25) is 4.79 Å². The Morgan fingerprint density at radius 1 is 1.23 bits per heavy atom. The van der Waals surface area contributed by atoms with Gasteiger partial charge in [0.2, 0.25) is 0 Å². The second-order valence-electron chi connectivity index (χ2n) is 7.97. The Bertz CT molecular complexity index is 981. The van der Waals surface area contributed by atoms with Gasteiger partial charge >= 0.3 is 5.97 Å². The average molecular weight is 422 g/mol. The molecule has 1 amide bonds. The molecule has 31 heavy (non-hydrogen) atoms. The second kappa shape index (κ2) is 11.2. The molecule has 1 aromatic heterocycles. The van der Waals surface area contributed by atoms with E-state index in [-0.39, 0.29) is 11.5 Å². The Morgan fingerprint density at radius 3 is 2.48 bits per heavy atom. The van der Waals surface area contributed by atoms with Crippen molar-refractivity contribution in [2.45, 2.75) is 47.7 Å². The maximum atomic E-state index is 12.5. The van der Waals surface area contributed by atoms with Crippen LogP contribution in [-0.2, 0) is 27.4 Å². The van der Waals surface area contributed by atoms with Crippen molar-refractivity contribution in [1.29, 1.82) is 5.26 Å². The van der Waals surface area contributed by atoms with Gasteiger partial charge in [0.05, 0.1) is 0 Å². The summed E-state index contributed by atoms with van der Waals surface area (Å²) in [4.78, 5) is 26.6. The molecule has 0 saturated carbocycles. The molecule has 0 aliphatic rings.